The van der Waals surface area contributed by atoms with E-state index >= 15 is 0 Å². The van der Waals surface area contributed by atoms with E-state index in [0.29, 0.717) is 5.69 Å². The van der Waals surface area contributed by atoms with E-state index in [-0.39, 0.29) is 0 Å². The molecule has 1 aromatic heterocycles. The van der Waals surface area contributed by atoms with Gasteiger partial charge in [0.25, 0.3) is 0 Å². The molecule has 0 aliphatic heterocycles. The molecule has 0 fully saturated rings. The number of rotatable bonds is 4. The smallest absolute Gasteiger partial charge is 0.160 e. The molecule has 96 valence electrons. The second-order valence-electron chi connectivity index (χ2n) is 4.14. The van der Waals surface area contributed by atoms with Gasteiger partial charge in [0, 0.05) is 12.3 Å². The van der Waals surface area contributed by atoms with Crippen LogP contribution in [0.25, 0.3) is 5.69 Å². The SMILES string of the molecule is CNCCc1cn(-c2ccc(F)c(F)c2)nc1C. The highest BCUT2D eigenvalue weighted by Gasteiger charge is 2.08. The third-order valence-corrected chi connectivity index (χ3v) is 2.81. The molecule has 2 rings (SSSR count). The summed E-state index contributed by atoms with van der Waals surface area (Å²) >= 11 is 0. The van der Waals surface area contributed by atoms with Gasteiger partial charge in [-0.25, -0.2) is 13.5 Å². The molecular weight excluding hydrogens is 236 g/mol. The van der Waals surface area contributed by atoms with Gasteiger partial charge in [-0.1, -0.05) is 0 Å². The van der Waals surface area contributed by atoms with Crippen molar-refractivity contribution in [1.29, 1.82) is 0 Å². The van der Waals surface area contributed by atoms with Crippen LogP contribution in [0.1, 0.15) is 11.3 Å². The van der Waals surface area contributed by atoms with Crippen molar-refractivity contribution in [3.8, 4) is 5.69 Å². The average molecular weight is 251 g/mol. The zero-order chi connectivity index (χ0) is 13.1. The number of likely N-dealkylation sites (N-methyl/N-ethyl adjacent to an activating group) is 1. The highest BCUT2D eigenvalue weighted by atomic mass is 19.2. The van der Waals surface area contributed by atoms with Gasteiger partial charge in [-0.3, -0.25) is 0 Å². The molecule has 5 heteroatoms. The summed E-state index contributed by atoms with van der Waals surface area (Å²) in [5.74, 6) is -1.71. The Morgan fingerprint density at radius 1 is 1.28 bits per heavy atom. The first-order valence-electron chi connectivity index (χ1n) is 5.77. The minimum absolute atomic E-state index is 0.521. The average Bonchev–Trinajstić information content (AvgIpc) is 2.72. The van der Waals surface area contributed by atoms with Crippen LogP contribution in [-0.2, 0) is 6.42 Å². The van der Waals surface area contributed by atoms with Gasteiger partial charge >= 0.3 is 0 Å². The molecule has 1 aromatic carbocycles. The molecule has 0 amide bonds. The van der Waals surface area contributed by atoms with Crippen molar-refractivity contribution < 1.29 is 8.78 Å². The van der Waals surface area contributed by atoms with Crippen molar-refractivity contribution in [2.24, 2.45) is 0 Å². The van der Waals surface area contributed by atoms with Gasteiger partial charge in [0.15, 0.2) is 11.6 Å². The highest BCUT2D eigenvalue weighted by molar-refractivity contribution is 5.33. The monoisotopic (exact) mass is 251 g/mol. The van der Waals surface area contributed by atoms with Crippen LogP contribution in [0.2, 0.25) is 0 Å². The number of nitrogens with one attached hydrogen (secondary N) is 1. The van der Waals surface area contributed by atoms with Crippen molar-refractivity contribution in [2.45, 2.75) is 13.3 Å². The molecule has 3 nitrogen and oxygen atoms in total. The summed E-state index contributed by atoms with van der Waals surface area (Å²) in [6, 6.07) is 3.76. The summed E-state index contributed by atoms with van der Waals surface area (Å²) in [5.41, 5.74) is 2.51. The zero-order valence-corrected chi connectivity index (χ0v) is 10.4. The van der Waals surface area contributed by atoms with Gasteiger partial charge < -0.3 is 5.32 Å². The minimum Gasteiger partial charge on any atom is -0.319 e. The fourth-order valence-corrected chi connectivity index (χ4v) is 1.76. The Balaban J connectivity index is 2.30. The predicted octanol–water partition coefficient (Wildman–Crippen LogP) is 2.22. The molecule has 1 heterocycles. The maximum atomic E-state index is 13.1. The van der Waals surface area contributed by atoms with E-state index in [4.69, 9.17) is 0 Å². The maximum absolute atomic E-state index is 13.1. The molecule has 0 spiro atoms. The Labute approximate surface area is 104 Å². The number of aromatic nitrogens is 2. The van der Waals surface area contributed by atoms with Crippen molar-refractivity contribution in [2.75, 3.05) is 13.6 Å². The minimum atomic E-state index is -0.863. The van der Waals surface area contributed by atoms with Crippen LogP contribution in [0.5, 0.6) is 0 Å². The van der Waals surface area contributed by atoms with Crippen molar-refractivity contribution in [3.05, 3.63) is 47.3 Å². The number of benzene rings is 1. The second kappa shape index (κ2) is 5.27. The lowest BCUT2D eigenvalue weighted by atomic mass is 10.2. The quantitative estimate of drug-likeness (QED) is 0.903. The van der Waals surface area contributed by atoms with Crippen LogP contribution < -0.4 is 5.32 Å². The third kappa shape index (κ3) is 2.56. The molecular formula is C13H15F2N3. The predicted molar refractivity (Wildman–Crippen MR) is 65.8 cm³/mol. The zero-order valence-electron chi connectivity index (χ0n) is 10.4. The van der Waals surface area contributed by atoms with Gasteiger partial charge in [-0.05, 0) is 44.6 Å². The van der Waals surface area contributed by atoms with Gasteiger partial charge in [0.2, 0.25) is 0 Å². The summed E-state index contributed by atoms with van der Waals surface area (Å²) < 4.78 is 27.6. The van der Waals surface area contributed by atoms with E-state index < -0.39 is 11.6 Å². The number of hydrogen-bond acceptors (Lipinski definition) is 2. The summed E-state index contributed by atoms with van der Waals surface area (Å²) in [5, 5.41) is 7.37. The van der Waals surface area contributed by atoms with Gasteiger partial charge in [-0.2, -0.15) is 5.10 Å². The molecule has 0 radical (unpaired) electrons. The Hall–Kier alpha value is -1.75. The molecule has 0 aliphatic rings. The Kier molecular flexibility index (Phi) is 3.72. The van der Waals surface area contributed by atoms with Crippen LogP contribution >= 0.6 is 0 Å². The molecule has 2 aromatic rings. The lowest BCUT2D eigenvalue weighted by Crippen LogP contribution is -2.10. The summed E-state index contributed by atoms with van der Waals surface area (Å²) in [6.45, 7) is 2.76. The van der Waals surface area contributed by atoms with Crippen molar-refractivity contribution in [1.82, 2.24) is 15.1 Å². The first-order chi connectivity index (χ1) is 8.61. The lowest BCUT2D eigenvalue weighted by Gasteiger charge is -2.01. The molecule has 0 atom stereocenters. The Morgan fingerprint density at radius 2 is 2.06 bits per heavy atom. The first kappa shape index (κ1) is 12.7. The van der Waals surface area contributed by atoms with Gasteiger partial charge in [0.05, 0.1) is 11.4 Å². The van der Waals surface area contributed by atoms with Crippen molar-refractivity contribution in [3.63, 3.8) is 0 Å². The third-order valence-electron chi connectivity index (χ3n) is 2.81. The van der Waals surface area contributed by atoms with E-state index in [2.05, 4.69) is 10.4 Å². The Bertz CT molecular complexity index is 549. The second-order valence-corrected chi connectivity index (χ2v) is 4.14. The summed E-state index contributed by atoms with van der Waals surface area (Å²) in [6.07, 6.45) is 2.70. The van der Waals surface area contributed by atoms with Crippen LogP contribution in [-0.4, -0.2) is 23.4 Å². The number of aryl methyl sites for hydroxylation is 1. The lowest BCUT2D eigenvalue weighted by molar-refractivity contribution is 0.507. The van der Waals surface area contributed by atoms with Crippen LogP contribution in [0.15, 0.2) is 24.4 Å². The molecule has 0 bridgehead atoms. The molecule has 0 saturated carbocycles. The van der Waals surface area contributed by atoms with Gasteiger partial charge in [0.1, 0.15) is 0 Å². The van der Waals surface area contributed by atoms with E-state index in [1.165, 1.54) is 6.07 Å². The maximum Gasteiger partial charge on any atom is 0.160 e. The fraction of sp³-hybridized carbons (Fsp3) is 0.308. The number of halogens is 2. The largest absolute Gasteiger partial charge is 0.319 e. The van der Waals surface area contributed by atoms with E-state index in [9.17, 15) is 8.78 Å². The van der Waals surface area contributed by atoms with Crippen LogP contribution in [0, 0.1) is 18.6 Å². The molecule has 1 N–H and O–H groups in total. The summed E-state index contributed by atoms with van der Waals surface area (Å²) in [7, 11) is 1.88. The van der Waals surface area contributed by atoms with Crippen LogP contribution in [0.4, 0.5) is 8.78 Å². The topological polar surface area (TPSA) is 29.9 Å². The first-order valence-corrected chi connectivity index (χ1v) is 5.77. The molecule has 18 heavy (non-hydrogen) atoms. The highest BCUT2D eigenvalue weighted by Crippen LogP contribution is 2.15. The fourth-order valence-electron chi connectivity index (χ4n) is 1.76. The normalized spacial score (nSPS) is 10.9. The van der Waals surface area contributed by atoms with E-state index in [0.717, 1.165) is 36.4 Å². The van der Waals surface area contributed by atoms with E-state index in [1.54, 1.807) is 4.68 Å². The van der Waals surface area contributed by atoms with E-state index in [1.807, 2.05) is 20.2 Å². The molecule has 0 unspecified atom stereocenters. The number of hydrogen-bond donors (Lipinski definition) is 1. The molecule has 0 aliphatic carbocycles. The standard InChI is InChI=1S/C13H15F2N3/c1-9-10(5-6-16-2)8-18(17-9)11-3-4-12(14)13(15)7-11/h3-4,7-8,16H,5-6H2,1-2H3. The summed E-state index contributed by atoms with van der Waals surface area (Å²) in [4.78, 5) is 0. The van der Waals surface area contributed by atoms with Crippen LogP contribution in [0.3, 0.4) is 0 Å². The van der Waals surface area contributed by atoms with Gasteiger partial charge in [-0.15, -0.1) is 0 Å². The molecule has 0 saturated heterocycles. The number of nitrogens with zero attached hydrogens (tertiary/aromatic N) is 2. The van der Waals surface area contributed by atoms with Crippen molar-refractivity contribution >= 4 is 0 Å². The Morgan fingerprint density at radius 3 is 2.72 bits per heavy atom.